The highest BCUT2D eigenvalue weighted by Crippen LogP contribution is 2.67. The molecule has 0 spiro atoms. The van der Waals surface area contributed by atoms with Crippen LogP contribution in [0, 0.1) is 34.5 Å². The van der Waals surface area contributed by atoms with Crippen LogP contribution in [0.4, 0.5) is 0 Å². The number of fused-ring (bicyclic) bond motifs is 4. The third-order valence-corrected chi connectivity index (χ3v) is 11.2. The van der Waals surface area contributed by atoms with Crippen LogP contribution in [0.15, 0.2) is 39.8 Å². The van der Waals surface area contributed by atoms with Gasteiger partial charge in [0.05, 0.1) is 24.0 Å². The van der Waals surface area contributed by atoms with E-state index in [0.29, 0.717) is 18.4 Å². The van der Waals surface area contributed by atoms with Crippen molar-refractivity contribution in [3.8, 4) is 17.1 Å². The summed E-state index contributed by atoms with van der Waals surface area (Å²) in [6.45, 7) is 5.84. The molecular formula is C33H39NO9. The Morgan fingerprint density at radius 3 is 2.47 bits per heavy atom. The Morgan fingerprint density at radius 2 is 1.79 bits per heavy atom. The summed E-state index contributed by atoms with van der Waals surface area (Å²) in [5, 5.41) is 23.8. The Labute approximate surface area is 249 Å². The molecule has 10 nitrogen and oxygen atoms in total. The molecule has 2 aromatic heterocycles. The van der Waals surface area contributed by atoms with Crippen LogP contribution in [-0.4, -0.2) is 51.6 Å². The van der Waals surface area contributed by atoms with E-state index in [2.05, 4.69) is 11.9 Å². The van der Waals surface area contributed by atoms with Crippen molar-refractivity contribution >= 4 is 11.9 Å². The number of aliphatic hydroxyl groups excluding tert-OH is 2. The molecule has 2 N–H and O–H groups in total. The van der Waals surface area contributed by atoms with Gasteiger partial charge in [-0.15, -0.1) is 0 Å². The molecule has 10 heteroatoms. The van der Waals surface area contributed by atoms with Gasteiger partial charge in [0, 0.05) is 35.4 Å². The van der Waals surface area contributed by atoms with Crippen molar-refractivity contribution in [1.82, 2.24) is 4.98 Å². The van der Waals surface area contributed by atoms with E-state index in [4.69, 9.17) is 18.6 Å². The summed E-state index contributed by atoms with van der Waals surface area (Å²) in [6, 6.07) is 5.06. The fourth-order valence-corrected chi connectivity index (χ4v) is 8.45. The number of pyridine rings is 1. The highest BCUT2D eigenvalue weighted by atomic mass is 16.6. The van der Waals surface area contributed by atoms with Gasteiger partial charge < -0.3 is 28.8 Å². The number of hydrogen-bond donors (Lipinski definition) is 2. The summed E-state index contributed by atoms with van der Waals surface area (Å²) in [6.07, 6.45) is 4.89. The van der Waals surface area contributed by atoms with Crippen LogP contribution in [-0.2, 0) is 19.1 Å². The Balaban J connectivity index is 1.27. The van der Waals surface area contributed by atoms with E-state index in [9.17, 15) is 24.6 Å². The quantitative estimate of drug-likeness (QED) is 0.472. The van der Waals surface area contributed by atoms with Crippen LogP contribution >= 0.6 is 0 Å². The van der Waals surface area contributed by atoms with Crippen LogP contribution in [0.1, 0.15) is 77.4 Å². The molecule has 43 heavy (non-hydrogen) atoms. The molecule has 4 saturated carbocycles. The molecule has 0 saturated heterocycles. The predicted octanol–water partition coefficient (Wildman–Crippen LogP) is 3.96. The molecule has 0 bridgehead atoms. The van der Waals surface area contributed by atoms with Crippen LogP contribution in [0.3, 0.4) is 0 Å². The molecule has 2 unspecified atom stereocenters. The van der Waals surface area contributed by atoms with Gasteiger partial charge in [-0.1, -0.05) is 13.8 Å². The molecular weight excluding hydrogens is 554 g/mol. The van der Waals surface area contributed by atoms with Gasteiger partial charge in [-0.2, -0.15) is 0 Å². The summed E-state index contributed by atoms with van der Waals surface area (Å²) >= 11 is 0. The maximum Gasteiger partial charge on any atom is 0.345 e. The van der Waals surface area contributed by atoms with E-state index >= 15 is 0 Å². The Kier molecular flexibility index (Phi) is 6.56. The molecule has 4 aliphatic carbocycles. The number of aromatic nitrogens is 1. The number of ether oxygens (including phenoxy) is 3. The second kappa shape index (κ2) is 9.89. The lowest BCUT2D eigenvalue weighted by Gasteiger charge is -2.66. The third kappa shape index (κ3) is 4.51. The van der Waals surface area contributed by atoms with Crippen LogP contribution in [0.2, 0.25) is 0 Å². The smallest absolute Gasteiger partial charge is 0.345 e. The molecule has 3 heterocycles. The van der Waals surface area contributed by atoms with Crippen LogP contribution < -0.4 is 10.4 Å². The van der Waals surface area contributed by atoms with E-state index in [0.717, 1.165) is 25.7 Å². The van der Waals surface area contributed by atoms with Gasteiger partial charge in [0.1, 0.15) is 35.4 Å². The standard InChI is InChI=1S/C33H39NO9/c1-31-11-10-24(42-29(38)18-8-9-18)32(2,16-40-28(37)17-6-7-17)22(31)14-23(35)33(3)27(31)26(36)25-21(43-33)13-20(41-30(25)39)19-5-4-12-34-15-19/h4-5,12-13,15,17-18,22-24,26-27,35-36H,6-11,14,16H2,1-3H3/t22?,23-,24-,26-,27?,31-,32+,33+/m0/s1. The van der Waals surface area contributed by atoms with Crippen molar-refractivity contribution in [2.24, 2.45) is 34.5 Å². The van der Waals surface area contributed by atoms with Gasteiger partial charge in [0.2, 0.25) is 0 Å². The summed E-state index contributed by atoms with van der Waals surface area (Å²) in [4.78, 5) is 43.1. The molecule has 1 aliphatic heterocycles. The zero-order valence-electron chi connectivity index (χ0n) is 24.8. The predicted molar refractivity (Wildman–Crippen MR) is 152 cm³/mol. The minimum atomic E-state index is -1.29. The van der Waals surface area contributed by atoms with Crippen molar-refractivity contribution < 1.29 is 38.4 Å². The first kappa shape index (κ1) is 28.5. The largest absolute Gasteiger partial charge is 0.484 e. The number of hydrogen-bond acceptors (Lipinski definition) is 10. The van der Waals surface area contributed by atoms with Crippen molar-refractivity contribution in [2.75, 3.05) is 6.61 Å². The lowest BCUT2D eigenvalue weighted by molar-refractivity contribution is -0.267. The Hall–Kier alpha value is -3.24. The van der Waals surface area contributed by atoms with Crippen LogP contribution in [0.25, 0.3) is 11.3 Å². The minimum absolute atomic E-state index is 0.0216. The first-order valence-electron chi connectivity index (χ1n) is 15.5. The van der Waals surface area contributed by atoms with Crippen molar-refractivity contribution in [3.05, 3.63) is 46.6 Å². The maximum atomic E-state index is 13.4. The second-order valence-corrected chi connectivity index (χ2v) is 14.1. The van der Waals surface area contributed by atoms with E-state index in [1.165, 1.54) is 0 Å². The topological polar surface area (TPSA) is 145 Å². The van der Waals surface area contributed by atoms with E-state index in [-0.39, 0.29) is 59.8 Å². The number of aliphatic hydroxyl groups is 2. The Morgan fingerprint density at radius 1 is 1.07 bits per heavy atom. The average Bonchev–Trinajstić information content (AvgIpc) is 3.88. The minimum Gasteiger partial charge on any atom is -0.484 e. The zero-order valence-corrected chi connectivity index (χ0v) is 24.8. The van der Waals surface area contributed by atoms with Gasteiger partial charge in [0.25, 0.3) is 0 Å². The third-order valence-electron chi connectivity index (χ3n) is 11.2. The average molecular weight is 594 g/mol. The van der Waals surface area contributed by atoms with E-state index in [1.807, 2.05) is 6.92 Å². The number of esters is 2. The molecule has 5 aliphatic rings. The SMILES string of the molecule is C[C@]12CC[C@H](OC(=O)C3CC3)[C@](C)(COC(=O)C3CC3)C1C[C@H](O)[C@@]1(C)Oc3cc(-c4cccnc4)oc(=O)c3[C@H](O)C21. The van der Waals surface area contributed by atoms with Crippen LogP contribution in [0.5, 0.6) is 5.75 Å². The highest BCUT2D eigenvalue weighted by Gasteiger charge is 2.70. The number of carbonyl (C=O) groups is 2. The summed E-state index contributed by atoms with van der Waals surface area (Å²) in [5.74, 6) is -1.26. The Bertz CT molecular complexity index is 1500. The summed E-state index contributed by atoms with van der Waals surface area (Å²) < 4.78 is 24.2. The maximum absolute atomic E-state index is 13.4. The summed E-state index contributed by atoms with van der Waals surface area (Å²) in [5.41, 5.74) is -2.85. The molecule has 2 aromatic rings. The monoisotopic (exact) mass is 593 g/mol. The van der Waals surface area contributed by atoms with Crippen molar-refractivity contribution in [1.29, 1.82) is 0 Å². The molecule has 0 radical (unpaired) electrons. The zero-order chi connectivity index (χ0) is 30.3. The lowest BCUT2D eigenvalue weighted by atomic mass is 9.42. The molecule has 4 fully saturated rings. The lowest BCUT2D eigenvalue weighted by Crippen LogP contribution is -2.71. The first-order valence-corrected chi connectivity index (χ1v) is 15.5. The fourth-order valence-electron chi connectivity index (χ4n) is 8.45. The van der Waals surface area contributed by atoms with Gasteiger partial charge in [0.15, 0.2) is 0 Å². The highest BCUT2D eigenvalue weighted by molar-refractivity contribution is 5.75. The van der Waals surface area contributed by atoms with Crippen molar-refractivity contribution in [3.63, 3.8) is 0 Å². The number of nitrogens with zero attached hydrogens (tertiary/aromatic N) is 1. The normalized spacial score (nSPS) is 38.1. The summed E-state index contributed by atoms with van der Waals surface area (Å²) in [7, 11) is 0. The molecule has 0 amide bonds. The van der Waals surface area contributed by atoms with E-state index < -0.39 is 46.3 Å². The first-order chi connectivity index (χ1) is 20.5. The van der Waals surface area contributed by atoms with Gasteiger partial charge in [-0.05, 0) is 75.3 Å². The number of rotatable bonds is 6. The number of carbonyl (C=O) groups excluding carboxylic acids is 2. The fraction of sp³-hybridized carbons (Fsp3) is 0.636. The molecule has 8 atom stereocenters. The molecule has 230 valence electrons. The second-order valence-electron chi connectivity index (χ2n) is 14.1. The van der Waals surface area contributed by atoms with Gasteiger partial charge in [-0.25, -0.2) is 4.79 Å². The van der Waals surface area contributed by atoms with Gasteiger partial charge >= 0.3 is 17.6 Å². The van der Waals surface area contributed by atoms with E-state index in [1.54, 1.807) is 37.5 Å². The van der Waals surface area contributed by atoms with Gasteiger partial charge in [-0.3, -0.25) is 14.6 Å². The van der Waals surface area contributed by atoms with Crippen molar-refractivity contribution in [2.45, 2.75) is 89.6 Å². The molecule has 0 aromatic carbocycles. The molecule has 7 rings (SSSR count).